The Hall–Kier alpha value is -3.25. The van der Waals surface area contributed by atoms with E-state index >= 15 is 0 Å². The predicted octanol–water partition coefficient (Wildman–Crippen LogP) is 4.65. The maximum atomic E-state index is 12.7. The Morgan fingerprint density at radius 2 is 1.56 bits per heavy atom. The van der Waals surface area contributed by atoms with Gasteiger partial charge in [-0.1, -0.05) is 36.4 Å². The molecular weight excluding hydrogens is 358 g/mol. The van der Waals surface area contributed by atoms with Crippen LogP contribution in [0.4, 0.5) is 11.4 Å². The summed E-state index contributed by atoms with van der Waals surface area (Å²) in [4.78, 5) is 26.3. The number of thiophene rings is 1. The first-order valence-corrected chi connectivity index (χ1v) is 9.28. The van der Waals surface area contributed by atoms with Crippen LogP contribution in [-0.2, 0) is 9.59 Å². The van der Waals surface area contributed by atoms with E-state index in [0.717, 1.165) is 10.4 Å². The molecular formula is C21H19N3O2S. The minimum atomic E-state index is -1.20. The molecule has 1 heterocycles. The van der Waals surface area contributed by atoms with Crippen LogP contribution < -0.4 is 10.6 Å². The van der Waals surface area contributed by atoms with E-state index in [-0.39, 0.29) is 5.71 Å². The Morgan fingerprint density at radius 3 is 2.19 bits per heavy atom. The molecule has 0 spiro atoms. The SMILES string of the molecule is CC(=N)C(C(=O)Nc1ccccc1)C(=O)Nc1cccc(-c2cccs2)c1. The van der Waals surface area contributed by atoms with Crippen molar-refractivity contribution in [1.82, 2.24) is 0 Å². The fraction of sp³-hybridized carbons (Fsp3) is 0.0952. The van der Waals surface area contributed by atoms with Gasteiger partial charge in [-0.25, -0.2) is 0 Å². The van der Waals surface area contributed by atoms with Crippen LogP contribution in [0.1, 0.15) is 6.92 Å². The van der Waals surface area contributed by atoms with Crippen LogP contribution in [-0.4, -0.2) is 17.5 Å². The molecule has 5 nitrogen and oxygen atoms in total. The molecule has 136 valence electrons. The van der Waals surface area contributed by atoms with Gasteiger partial charge in [-0.15, -0.1) is 11.3 Å². The van der Waals surface area contributed by atoms with Crippen LogP contribution in [0.3, 0.4) is 0 Å². The predicted molar refractivity (Wildman–Crippen MR) is 110 cm³/mol. The monoisotopic (exact) mass is 377 g/mol. The number of anilines is 2. The van der Waals surface area contributed by atoms with Crippen molar-refractivity contribution in [2.24, 2.45) is 5.92 Å². The van der Waals surface area contributed by atoms with E-state index in [0.29, 0.717) is 11.4 Å². The number of rotatable bonds is 6. The summed E-state index contributed by atoms with van der Waals surface area (Å²) in [7, 11) is 0. The first-order chi connectivity index (χ1) is 13.0. The molecule has 3 N–H and O–H groups in total. The lowest BCUT2D eigenvalue weighted by Gasteiger charge is -2.16. The zero-order valence-corrected chi connectivity index (χ0v) is 15.5. The molecule has 0 radical (unpaired) electrons. The highest BCUT2D eigenvalue weighted by Gasteiger charge is 2.29. The van der Waals surface area contributed by atoms with Gasteiger partial charge in [0.15, 0.2) is 5.92 Å². The molecule has 1 aromatic heterocycles. The molecule has 0 fully saturated rings. The second-order valence-corrected chi connectivity index (χ2v) is 6.97. The number of benzene rings is 2. The summed E-state index contributed by atoms with van der Waals surface area (Å²) in [6.45, 7) is 1.46. The summed E-state index contributed by atoms with van der Waals surface area (Å²) in [6, 6.07) is 20.3. The summed E-state index contributed by atoms with van der Waals surface area (Å²) in [5.41, 5.74) is 2.14. The highest BCUT2D eigenvalue weighted by molar-refractivity contribution is 7.13. The number of hydrogen-bond acceptors (Lipinski definition) is 4. The summed E-state index contributed by atoms with van der Waals surface area (Å²) < 4.78 is 0. The van der Waals surface area contributed by atoms with Gasteiger partial charge in [0.1, 0.15) is 0 Å². The van der Waals surface area contributed by atoms with Gasteiger partial charge in [-0.05, 0) is 48.2 Å². The number of carbonyl (C=O) groups is 2. The number of hydrogen-bond donors (Lipinski definition) is 3. The minimum absolute atomic E-state index is 0.0182. The average Bonchev–Trinajstić information content (AvgIpc) is 3.17. The highest BCUT2D eigenvalue weighted by atomic mass is 32.1. The smallest absolute Gasteiger partial charge is 0.242 e. The third kappa shape index (κ3) is 4.68. The van der Waals surface area contributed by atoms with E-state index in [9.17, 15) is 9.59 Å². The first-order valence-electron chi connectivity index (χ1n) is 8.40. The summed E-state index contributed by atoms with van der Waals surface area (Å²) in [5, 5.41) is 15.3. The maximum absolute atomic E-state index is 12.7. The van der Waals surface area contributed by atoms with Crippen molar-refractivity contribution in [3.8, 4) is 10.4 Å². The number of amides is 2. The van der Waals surface area contributed by atoms with Crippen LogP contribution in [0, 0.1) is 11.3 Å². The van der Waals surface area contributed by atoms with E-state index in [2.05, 4.69) is 10.6 Å². The highest BCUT2D eigenvalue weighted by Crippen LogP contribution is 2.27. The Morgan fingerprint density at radius 1 is 0.889 bits per heavy atom. The molecule has 3 rings (SSSR count). The minimum Gasteiger partial charge on any atom is -0.325 e. The standard InChI is InChI=1S/C21H19N3O2S/c1-14(22)19(20(25)23-16-8-3-2-4-9-16)21(26)24-17-10-5-7-15(13-17)18-11-6-12-27-18/h2-13,19,22H,1H3,(H,23,25)(H,24,26). The largest absolute Gasteiger partial charge is 0.325 e. The van der Waals surface area contributed by atoms with Crippen molar-refractivity contribution >= 4 is 40.2 Å². The first kappa shape index (κ1) is 18.5. The van der Waals surface area contributed by atoms with E-state index < -0.39 is 17.7 Å². The van der Waals surface area contributed by atoms with Crippen LogP contribution in [0.15, 0.2) is 72.1 Å². The quantitative estimate of drug-likeness (QED) is 0.432. The Bertz CT molecular complexity index is 953. The second-order valence-electron chi connectivity index (χ2n) is 6.02. The summed E-state index contributed by atoms with van der Waals surface area (Å²) in [6.07, 6.45) is 0. The van der Waals surface area contributed by atoms with Gasteiger partial charge in [-0.2, -0.15) is 0 Å². The average molecular weight is 377 g/mol. The van der Waals surface area contributed by atoms with Crippen molar-refractivity contribution in [2.45, 2.75) is 6.92 Å². The molecule has 3 aromatic rings. The molecule has 0 saturated carbocycles. The Labute approximate surface area is 161 Å². The molecule has 0 saturated heterocycles. The van der Waals surface area contributed by atoms with E-state index in [1.54, 1.807) is 41.7 Å². The molecule has 2 aromatic carbocycles. The van der Waals surface area contributed by atoms with Gasteiger partial charge < -0.3 is 16.0 Å². The maximum Gasteiger partial charge on any atom is 0.242 e. The van der Waals surface area contributed by atoms with Crippen molar-refractivity contribution < 1.29 is 9.59 Å². The van der Waals surface area contributed by atoms with E-state index in [1.807, 2.05) is 41.8 Å². The molecule has 0 aliphatic rings. The van der Waals surface area contributed by atoms with Crippen molar-refractivity contribution in [1.29, 1.82) is 5.41 Å². The lowest BCUT2D eigenvalue weighted by molar-refractivity contribution is -0.126. The topological polar surface area (TPSA) is 82.1 Å². The van der Waals surface area contributed by atoms with Crippen molar-refractivity contribution in [2.75, 3.05) is 10.6 Å². The third-order valence-electron chi connectivity index (χ3n) is 3.93. The third-order valence-corrected chi connectivity index (χ3v) is 4.85. The summed E-state index contributed by atoms with van der Waals surface area (Å²) >= 11 is 1.61. The van der Waals surface area contributed by atoms with Gasteiger partial charge >= 0.3 is 0 Å². The number of nitrogens with one attached hydrogen (secondary N) is 3. The Balaban J connectivity index is 1.75. The fourth-order valence-corrected chi connectivity index (χ4v) is 3.38. The lowest BCUT2D eigenvalue weighted by Crippen LogP contribution is -2.38. The molecule has 0 aliphatic heterocycles. The zero-order valence-electron chi connectivity index (χ0n) is 14.7. The van der Waals surface area contributed by atoms with Gasteiger partial charge in [-0.3, -0.25) is 9.59 Å². The molecule has 6 heteroatoms. The van der Waals surface area contributed by atoms with Gasteiger partial charge in [0.25, 0.3) is 0 Å². The number of para-hydroxylation sites is 1. The molecule has 0 aliphatic carbocycles. The fourth-order valence-electron chi connectivity index (χ4n) is 2.66. The van der Waals surface area contributed by atoms with Gasteiger partial charge in [0.05, 0.1) is 0 Å². The van der Waals surface area contributed by atoms with Crippen molar-refractivity contribution in [3.05, 3.63) is 72.1 Å². The van der Waals surface area contributed by atoms with Gasteiger partial charge in [0, 0.05) is 22.0 Å². The summed E-state index contributed by atoms with van der Waals surface area (Å²) in [5.74, 6) is -2.25. The lowest BCUT2D eigenvalue weighted by atomic mass is 10.0. The molecule has 0 bridgehead atoms. The molecule has 27 heavy (non-hydrogen) atoms. The van der Waals surface area contributed by atoms with Crippen molar-refractivity contribution in [3.63, 3.8) is 0 Å². The van der Waals surface area contributed by atoms with Crippen LogP contribution >= 0.6 is 11.3 Å². The zero-order chi connectivity index (χ0) is 19.2. The van der Waals surface area contributed by atoms with E-state index in [1.165, 1.54) is 6.92 Å². The second kappa shape index (κ2) is 8.42. The van der Waals surface area contributed by atoms with Crippen LogP contribution in [0.5, 0.6) is 0 Å². The normalized spacial score (nSPS) is 11.4. The molecule has 1 atom stereocenters. The molecule has 2 amide bonds. The Kier molecular flexibility index (Phi) is 5.78. The molecule has 1 unspecified atom stereocenters. The van der Waals surface area contributed by atoms with Gasteiger partial charge in [0.2, 0.25) is 11.8 Å². The van der Waals surface area contributed by atoms with Crippen LogP contribution in [0.2, 0.25) is 0 Å². The van der Waals surface area contributed by atoms with Crippen LogP contribution in [0.25, 0.3) is 10.4 Å². The number of carbonyl (C=O) groups excluding carboxylic acids is 2. The van der Waals surface area contributed by atoms with E-state index in [4.69, 9.17) is 5.41 Å².